The van der Waals surface area contributed by atoms with Crippen LogP contribution in [0.5, 0.6) is 5.75 Å². The first-order chi connectivity index (χ1) is 11.9. The summed E-state index contributed by atoms with van der Waals surface area (Å²) in [6, 6.07) is 6.95. The molecule has 0 saturated carbocycles. The van der Waals surface area contributed by atoms with Crippen molar-refractivity contribution in [3.63, 3.8) is 0 Å². The number of carbonyl (C=O) groups is 2. The Hall–Kier alpha value is -2.12. The van der Waals surface area contributed by atoms with Gasteiger partial charge in [0.1, 0.15) is 12.4 Å². The largest absolute Gasteiger partial charge is 0.491 e. The topological polar surface area (TPSA) is 79.3 Å². The molecule has 0 radical (unpaired) electrons. The molecular formula is C18H26N2O5. The van der Waals surface area contributed by atoms with Crippen molar-refractivity contribution in [3.8, 4) is 5.75 Å². The fraction of sp³-hybridized carbons (Fsp3) is 0.556. The summed E-state index contributed by atoms with van der Waals surface area (Å²) in [5, 5.41) is 9.72. The lowest BCUT2D eigenvalue weighted by molar-refractivity contribution is -0.151. The van der Waals surface area contributed by atoms with Crippen molar-refractivity contribution in [2.45, 2.75) is 18.4 Å². The second-order valence-electron chi connectivity index (χ2n) is 6.48. The second kappa shape index (κ2) is 8.31. The molecule has 0 spiro atoms. The molecule has 1 atom stereocenters. The smallest absolute Gasteiger partial charge is 0.332 e. The Labute approximate surface area is 148 Å². The zero-order chi connectivity index (χ0) is 18.4. The van der Waals surface area contributed by atoms with Gasteiger partial charge in [-0.15, -0.1) is 0 Å². The van der Waals surface area contributed by atoms with Crippen molar-refractivity contribution >= 4 is 11.9 Å². The van der Waals surface area contributed by atoms with Gasteiger partial charge < -0.3 is 24.4 Å². The minimum absolute atomic E-state index is 0.0300. The summed E-state index contributed by atoms with van der Waals surface area (Å²) in [4.78, 5) is 28.4. The third-order valence-electron chi connectivity index (χ3n) is 4.43. The van der Waals surface area contributed by atoms with Crippen LogP contribution in [0.15, 0.2) is 24.3 Å². The first kappa shape index (κ1) is 19.2. The van der Waals surface area contributed by atoms with Crippen LogP contribution in [0.1, 0.15) is 23.2 Å². The molecule has 7 nitrogen and oxygen atoms in total. The van der Waals surface area contributed by atoms with Crippen LogP contribution >= 0.6 is 0 Å². The number of aliphatic carboxylic acids is 1. The molecule has 2 rings (SSSR count). The summed E-state index contributed by atoms with van der Waals surface area (Å²) in [6.45, 7) is 1.52. The van der Waals surface area contributed by atoms with E-state index in [4.69, 9.17) is 9.47 Å². The first-order valence-electron chi connectivity index (χ1n) is 8.33. The number of carboxylic acid groups (broad SMARTS) is 1. The monoisotopic (exact) mass is 350 g/mol. The summed E-state index contributed by atoms with van der Waals surface area (Å²) in [5.74, 6) is -0.901. The van der Waals surface area contributed by atoms with Gasteiger partial charge in [-0.2, -0.15) is 0 Å². The molecule has 1 heterocycles. The van der Waals surface area contributed by atoms with E-state index in [0.717, 1.165) is 6.54 Å². The highest BCUT2D eigenvalue weighted by molar-refractivity contribution is 6.00. The van der Waals surface area contributed by atoms with Crippen molar-refractivity contribution in [1.82, 2.24) is 9.80 Å². The number of nitrogens with zero attached hydrogens (tertiary/aromatic N) is 2. The van der Waals surface area contributed by atoms with E-state index in [-0.39, 0.29) is 12.5 Å². The van der Waals surface area contributed by atoms with E-state index >= 15 is 0 Å². The first-order valence-corrected chi connectivity index (χ1v) is 8.33. The van der Waals surface area contributed by atoms with Crippen LogP contribution in [0, 0.1) is 0 Å². The molecule has 1 aliphatic rings. The molecule has 138 valence electrons. The number of likely N-dealkylation sites (tertiary alicyclic amines) is 1. The highest BCUT2D eigenvalue weighted by Crippen LogP contribution is 2.33. The van der Waals surface area contributed by atoms with Gasteiger partial charge in [-0.1, -0.05) is 12.1 Å². The number of methoxy groups -OCH3 is 1. The predicted molar refractivity (Wildman–Crippen MR) is 93.0 cm³/mol. The van der Waals surface area contributed by atoms with E-state index in [1.165, 1.54) is 12.0 Å². The van der Waals surface area contributed by atoms with E-state index in [1.807, 2.05) is 19.0 Å². The Balaban J connectivity index is 2.26. The molecular weight excluding hydrogens is 324 g/mol. The molecule has 0 aliphatic carbocycles. The molecule has 1 aliphatic heterocycles. The van der Waals surface area contributed by atoms with E-state index in [1.54, 1.807) is 24.3 Å². The maximum atomic E-state index is 13.1. The van der Waals surface area contributed by atoms with E-state index in [9.17, 15) is 14.7 Å². The molecule has 1 N–H and O–H groups in total. The van der Waals surface area contributed by atoms with Crippen molar-refractivity contribution in [1.29, 1.82) is 0 Å². The highest BCUT2D eigenvalue weighted by atomic mass is 16.5. The fourth-order valence-electron chi connectivity index (χ4n) is 3.10. The second-order valence-corrected chi connectivity index (χ2v) is 6.48. The number of rotatable bonds is 8. The maximum Gasteiger partial charge on any atom is 0.332 e. The average molecular weight is 350 g/mol. The molecule has 1 aromatic rings. The molecule has 1 unspecified atom stereocenters. The maximum absolute atomic E-state index is 13.1. The normalized spacial score (nSPS) is 20.1. The zero-order valence-electron chi connectivity index (χ0n) is 15.0. The molecule has 25 heavy (non-hydrogen) atoms. The molecule has 1 fully saturated rings. The standard InChI is InChI=1S/C18H26N2O5/c1-19(2)11-12-25-15-8-5-4-7-14(15)16(21)20-10-6-9-18(20,13-24-3)17(22)23/h4-5,7-8H,6,9-13H2,1-3H3,(H,22,23). The van der Waals surface area contributed by atoms with E-state index < -0.39 is 11.5 Å². The van der Waals surface area contributed by atoms with Crippen LogP contribution in [-0.4, -0.2) is 79.8 Å². The van der Waals surface area contributed by atoms with Gasteiger partial charge in [0.25, 0.3) is 5.91 Å². The molecule has 0 bridgehead atoms. The Morgan fingerprint density at radius 2 is 2.04 bits per heavy atom. The van der Waals surface area contributed by atoms with Gasteiger partial charge in [-0.25, -0.2) is 4.79 Å². The van der Waals surface area contributed by atoms with Crippen LogP contribution in [0.2, 0.25) is 0 Å². The quantitative estimate of drug-likeness (QED) is 0.762. The zero-order valence-corrected chi connectivity index (χ0v) is 15.0. The van der Waals surface area contributed by atoms with Crippen molar-refractivity contribution < 1.29 is 24.2 Å². The number of ether oxygens (including phenoxy) is 2. The summed E-state index contributed by atoms with van der Waals surface area (Å²) in [6.07, 6.45) is 1.01. The van der Waals surface area contributed by atoms with Gasteiger partial charge in [0.2, 0.25) is 0 Å². The SMILES string of the molecule is COCC1(C(=O)O)CCCN1C(=O)c1ccccc1OCCN(C)C. The molecule has 7 heteroatoms. The van der Waals surface area contributed by atoms with Crippen LogP contribution in [0.3, 0.4) is 0 Å². The lowest BCUT2D eigenvalue weighted by Gasteiger charge is -2.34. The highest BCUT2D eigenvalue weighted by Gasteiger charge is 2.50. The van der Waals surface area contributed by atoms with E-state index in [2.05, 4.69) is 0 Å². The van der Waals surface area contributed by atoms with E-state index in [0.29, 0.717) is 37.3 Å². The van der Waals surface area contributed by atoms with Gasteiger partial charge in [0, 0.05) is 20.2 Å². The van der Waals surface area contributed by atoms with Gasteiger partial charge in [0.05, 0.1) is 12.2 Å². The average Bonchev–Trinajstić information content (AvgIpc) is 3.00. The third kappa shape index (κ3) is 4.11. The fourth-order valence-corrected chi connectivity index (χ4v) is 3.10. The summed E-state index contributed by atoms with van der Waals surface area (Å²) in [5.41, 5.74) is -0.937. The molecule has 0 aromatic heterocycles. The lowest BCUT2D eigenvalue weighted by atomic mass is 9.96. The predicted octanol–water partition coefficient (Wildman–Crippen LogP) is 1.33. The number of amides is 1. The Morgan fingerprint density at radius 3 is 2.68 bits per heavy atom. The number of para-hydroxylation sites is 1. The number of carboxylic acids is 1. The van der Waals surface area contributed by atoms with Gasteiger partial charge in [-0.3, -0.25) is 4.79 Å². The molecule has 1 saturated heterocycles. The Morgan fingerprint density at radius 1 is 1.32 bits per heavy atom. The van der Waals surface area contributed by atoms with Crippen LogP contribution < -0.4 is 4.74 Å². The molecule has 1 aromatic carbocycles. The van der Waals surface area contributed by atoms with Crippen LogP contribution in [0.25, 0.3) is 0 Å². The van der Waals surface area contributed by atoms with Crippen molar-refractivity contribution in [3.05, 3.63) is 29.8 Å². The number of hydrogen-bond donors (Lipinski definition) is 1. The number of carbonyl (C=O) groups excluding carboxylic acids is 1. The minimum Gasteiger partial charge on any atom is -0.491 e. The van der Waals surface area contributed by atoms with Crippen molar-refractivity contribution in [2.24, 2.45) is 0 Å². The summed E-state index contributed by atoms with van der Waals surface area (Å²) in [7, 11) is 5.33. The Kier molecular flexibility index (Phi) is 6.39. The third-order valence-corrected chi connectivity index (χ3v) is 4.43. The lowest BCUT2D eigenvalue weighted by Crippen LogP contribution is -2.56. The number of benzene rings is 1. The number of likely N-dealkylation sites (N-methyl/N-ethyl adjacent to an activating group) is 1. The summed E-state index contributed by atoms with van der Waals surface area (Å²) < 4.78 is 10.9. The van der Waals surface area contributed by atoms with Gasteiger partial charge in [0.15, 0.2) is 5.54 Å². The van der Waals surface area contributed by atoms with Crippen molar-refractivity contribution in [2.75, 3.05) is 47.5 Å². The van der Waals surface area contributed by atoms with Gasteiger partial charge in [-0.05, 0) is 39.1 Å². The summed E-state index contributed by atoms with van der Waals surface area (Å²) >= 11 is 0. The minimum atomic E-state index is -1.32. The number of hydrogen-bond acceptors (Lipinski definition) is 5. The molecule has 1 amide bonds. The van der Waals surface area contributed by atoms with Gasteiger partial charge >= 0.3 is 5.97 Å². The van der Waals surface area contributed by atoms with Crippen LogP contribution in [0.4, 0.5) is 0 Å². The van der Waals surface area contributed by atoms with Crippen LogP contribution in [-0.2, 0) is 9.53 Å². The Bertz CT molecular complexity index is 619.